The molecule has 0 aromatic carbocycles. The lowest BCUT2D eigenvalue weighted by molar-refractivity contribution is -0.341. The first-order valence-corrected chi connectivity index (χ1v) is 18.5. The maximum atomic E-state index is 12.5. The van der Waals surface area contributed by atoms with Crippen molar-refractivity contribution in [2.75, 3.05) is 6.61 Å². The molecule has 0 radical (unpaired) electrons. The van der Waals surface area contributed by atoms with Gasteiger partial charge in [0, 0.05) is 23.3 Å². The molecule has 3 fully saturated rings. The predicted octanol–water partition coefficient (Wildman–Crippen LogP) is 10.1. The highest BCUT2D eigenvalue weighted by Crippen LogP contribution is 2.71. The minimum Gasteiger partial charge on any atom is -0.466 e. The molecule has 5 aliphatic rings. The van der Waals surface area contributed by atoms with Crippen LogP contribution >= 0.6 is 0 Å². The number of hydrogen-bond donors (Lipinski definition) is 2. The number of aliphatic hydroxyl groups excluding tert-OH is 1. The summed E-state index contributed by atoms with van der Waals surface area (Å²) < 4.78 is 17.6. The second-order valence-corrected chi connectivity index (χ2v) is 14.8. The fourth-order valence-corrected chi connectivity index (χ4v) is 8.36. The van der Waals surface area contributed by atoms with E-state index >= 15 is 0 Å². The normalized spacial score (nSPS) is 36.3. The maximum absolute atomic E-state index is 12.5. The topological polar surface area (TPSA) is 85.2 Å². The molecule has 0 amide bonds. The number of carbonyl (C=O) groups is 1. The lowest BCUT2D eigenvalue weighted by atomic mass is 9.59. The summed E-state index contributed by atoms with van der Waals surface area (Å²) in [4.78, 5) is 10.5. The third-order valence-electron chi connectivity index (χ3n) is 11.1. The Hall–Kier alpha value is -1.73. The van der Waals surface area contributed by atoms with Crippen LogP contribution in [0.2, 0.25) is 0 Å². The molecule has 5 rings (SSSR count). The van der Waals surface area contributed by atoms with Crippen LogP contribution in [-0.4, -0.2) is 46.7 Å². The number of ether oxygens (including phenoxy) is 3. The number of aliphatic hydroxyl groups is 2. The largest absolute Gasteiger partial charge is 0.466 e. The Bertz CT molecular complexity index is 1160. The van der Waals surface area contributed by atoms with E-state index in [9.17, 15) is 15.0 Å². The third-order valence-corrected chi connectivity index (χ3v) is 11.1. The Labute approximate surface area is 289 Å². The number of aldehydes is 1. The van der Waals surface area contributed by atoms with Crippen LogP contribution in [0.25, 0.3) is 0 Å². The summed E-state index contributed by atoms with van der Waals surface area (Å²) in [5.41, 5.74) is 2.04. The quantitative estimate of drug-likeness (QED) is 0.232. The molecule has 2 N–H and O–H groups in total. The van der Waals surface area contributed by atoms with Crippen LogP contribution in [0.3, 0.4) is 0 Å². The van der Waals surface area contributed by atoms with Gasteiger partial charge in [0.2, 0.25) is 0 Å². The van der Waals surface area contributed by atoms with Crippen LogP contribution in [0.4, 0.5) is 0 Å². The molecular weight excluding hydrogens is 588 g/mol. The van der Waals surface area contributed by atoms with Crippen LogP contribution in [0, 0.1) is 34.5 Å². The number of carbonyl (C=O) groups excluding carboxylic acids is 1. The molecule has 3 aliphatic carbocycles. The lowest BCUT2D eigenvalue weighted by Crippen LogP contribution is -2.67. The van der Waals surface area contributed by atoms with E-state index in [0.29, 0.717) is 29.8 Å². The molecule has 2 heterocycles. The van der Waals surface area contributed by atoms with Crippen molar-refractivity contribution < 1.29 is 29.2 Å². The molecule has 0 aromatic heterocycles. The first-order valence-electron chi connectivity index (χ1n) is 18.5. The van der Waals surface area contributed by atoms with Gasteiger partial charge in [0.1, 0.15) is 23.8 Å². The first-order chi connectivity index (χ1) is 21.9. The van der Waals surface area contributed by atoms with E-state index in [2.05, 4.69) is 54.2 Å². The van der Waals surface area contributed by atoms with Crippen LogP contribution in [0.5, 0.6) is 0 Å². The fraction of sp³-hybridized carbons (Fsp3) is 0.780. The summed E-state index contributed by atoms with van der Waals surface area (Å²) in [7, 11) is 0. The number of fused-ring (bicyclic) bond motifs is 1. The summed E-state index contributed by atoms with van der Waals surface area (Å²) in [5.74, 6) is 2.45. The second-order valence-electron chi connectivity index (χ2n) is 14.8. The molecule has 0 aromatic rings. The Balaban J connectivity index is 0.000000511. The summed E-state index contributed by atoms with van der Waals surface area (Å²) >= 11 is 0. The van der Waals surface area contributed by atoms with E-state index in [0.717, 1.165) is 65.8 Å². The van der Waals surface area contributed by atoms with E-state index in [1.807, 2.05) is 69.2 Å². The highest BCUT2D eigenvalue weighted by Gasteiger charge is 2.71. The Morgan fingerprint density at radius 1 is 1.00 bits per heavy atom. The zero-order valence-corrected chi connectivity index (χ0v) is 33.1. The van der Waals surface area contributed by atoms with Crippen LogP contribution in [-0.2, 0) is 19.0 Å². The lowest BCUT2D eigenvalue weighted by Gasteiger charge is -2.55. The molecule has 47 heavy (non-hydrogen) atoms. The van der Waals surface area contributed by atoms with E-state index < -0.39 is 29.0 Å². The molecular formula is C41H72O6. The van der Waals surface area contributed by atoms with Gasteiger partial charge >= 0.3 is 0 Å². The van der Waals surface area contributed by atoms with Gasteiger partial charge in [0.25, 0.3) is 0 Å². The maximum Gasteiger partial charge on any atom is 0.163 e. The Kier molecular flexibility index (Phi) is 15.9. The van der Waals surface area contributed by atoms with Crippen molar-refractivity contribution in [3.8, 4) is 0 Å². The SMILES string of the molecule is C=C1C(C)[C@H]2C(CCC13C=C(C)C(O)C3(O)C1OC(C)(C)OCC1CC)C2(C)C.CC.CC.CC1=C(C)OC(C)=C(C=O)C1.CCC. The van der Waals surface area contributed by atoms with Crippen molar-refractivity contribution in [3.05, 3.63) is 46.5 Å². The molecule has 7 unspecified atom stereocenters. The minimum absolute atomic E-state index is 0.0242. The van der Waals surface area contributed by atoms with Gasteiger partial charge in [0.15, 0.2) is 5.79 Å². The summed E-state index contributed by atoms with van der Waals surface area (Å²) in [6, 6.07) is 0. The smallest absolute Gasteiger partial charge is 0.163 e. The van der Waals surface area contributed by atoms with Crippen molar-refractivity contribution in [1.29, 1.82) is 0 Å². The van der Waals surface area contributed by atoms with Gasteiger partial charge in [-0.15, -0.1) is 0 Å². The first kappa shape index (κ1) is 43.3. The zero-order valence-electron chi connectivity index (χ0n) is 33.1. The van der Waals surface area contributed by atoms with Gasteiger partial charge in [-0.25, -0.2) is 0 Å². The van der Waals surface area contributed by atoms with E-state index in [1.165, 1.54) is 6.42 Å². The van der Waals surface area contributed by atoms with Crippen molar-refractivity contribution in [2.24, 2.45) is 34.5 Å². The van der Waals surface area contributed by atoms with Gasteiger partial charge in [-0.3, -0.25) is 4.79 Å². The highest BCUT2D eigenvalue weighted by molar-refractivity contribution is 5.75. The van der Waals surface area contributed by atoms with Crippen molar-refractivity contribution in [1.82, 2.24) is 0 Å². The Morgan fingerprint density at radius 3 is 2.06 bits per heavy atom. The summed E-state index contributed by atoms with van der Waals surface area (Å²) in [6.45, 7) is 37.9. The van der Waals surface area contributed by atoms with Crippen molar-refractivity contribution >= 4 is 6.29 Å². The molecule has 0 bridgehead atoms. The summed E-state index contributed by atoms with van der Waals surface area (Å²) in [5, 5.41) is 23.8. The second kappa shape index (κ2) is 17.3. The monoisotopic (exact) mass is 661 g/mol. The zero-order chi connectivity index (χ0) is 36.7. The van der Waals surface area contributed by atoms with Gasteiger partial charge in [-0.2, -0.15) is 0 Å². The molecule has 1 spiro atoms. The van der Waals surface area contributed by atoms with Crippen LogP contribution in [0.1, 0.15) is 143 Å². The van der Waals surface area contributed by atoms with E-state index in [4.69, 9.17) is 14.2 Å². The average Bonchev–Trinajstić information content (AvgIpc) is 3.56. The Morgan fingerprint density at radius 2 is 1.55 bits per heavy atom. The van der Waals surface area contributed by atoms with Crippen molar-refractivity contribution in [3.63, 3.8) is 0 Å². The number of allylic oxidation sites excluding steroid dienone is 4. The molecule has 2 saturated carbocycles. The minimum atomic E-state index is -1.43. The highest BCUT2D eigenvalue weighted by atomic mass is 16.7. The molecule has 6 heteroatoms. The fourth-order valence-electron chi connectivity index (χ4n) is 8.36. The predicted molar refractivity (Wildman–Crippen MR) is 196 cm³/mol. The average molecular weight is 661 g/mol. The number of hydrogen-bond acceptors (Lipinski definition) is 6. The van der Waals surface area contributed by atoms with E-state index in [-0.39, 0.29) is 5.92 Å². The molecule has 6 nitrogen and oxygen atoms in total. The van der Waals surface area contributed by atoms with Gasteiger partial charge < -0.3 is 24.4 Å². The molecule has 272 valence electrons. The van der Waals surface area contributed by atoms with Crippen LogP contribution in [0.15, 0.2) is 46.5 Å². The van der Waals surface area contributed by atoms with Crippen LogP contribution < -0.4 is 0 Å². The van der Waals surface area contributed by atoms with Crippen molar-refractivity contribution in [2.45, 2.75) is 166 Å². The third kappa shape index (κ3) is 8.36. The van der Waals surface area contributed by atoms with Gasteiger partial charge in [-0.05, 0) is 95.1 Å². The standard InChI is InChI=1S/C25H40O4.C9H12O2.C3H8.2C2H6/c1-9-17-13-28-23(7,8)29-21(17)25(27)20(26)14(2)12-24(25)11-10-18-19(22(18,5)6)15(3)16(24)4;1-6-4-9(5-10)8(3)11-7(6)2;1-3-2;2*1-2/h12,15,17-21,26-27H,4,9-11,13H2,1-3,5-8H3;5H,4H2,1-3H3;3H2,1-2H3;2*1-2H3/t15?,17?,18?,19-,20?,21?,24?,25?;;;;/m0..../s1. The number of rotatable bonds is 3. The summed E-state index contributed by atoms with van der Waals surface area (Å²) in [6.07, 6.45) is 6.20. The van der Waals surface area contributed by atoms with Gasteiger partial charge in [0.05, 0.1) is 18.5 Å². The molecule has 1 saturated heterocycles. The molecule has 8 atom stereocenters. The molecule has 2 aliphatic heterocycles. The van der Waals surface area contributed by atoms with E-state index in [1.54, 1.807) is 0 Å². The van der Waals surface area contributed by atoms with Gasteiger partial charge in [-0.1, -0.05) is 93.9 Å².